The number of hydrazone groups is 1. The van der Waals surface area contributed by atoms with Crippen molar-refractivity contribution in [2.45, 2.75) is 13.8 Å². The molecule has 124 valence electrons. The van der Waals surface area contributed by atoms with Gasteiger partial charge in [0.25, 0.3) is 11.9 Å². The van der Waals surface area contributed by atoms with Crippen LogP contribution in [0, 0.1) is 0 Å². The SMILES string of the molecule is CCOc1cc(/C=C2\C(=O)N(c3nn[nH]n3)N=C2C)cc(Br)c1O. The van der Waals surface area contributed by atoms with Crippen molar-refractivity contribution in [2.75, 3.05) is 11.6 Å². The number of phenolic OH excluding ortho intramolecular Hbond substituents is 1. The van der Waals surface area contributed by atoms with E-state index in [1.807, 2.05) is 6.92 Å². The number of tetrazole rings is 1. The molecule has 0 atom stereocenters. The fraction of sp³-hybridized carbons (Fsp3) is 0.214. The zero-order valence-electron chi connectivity index (χ0n) is 12.8. The molecular weight excluding hydrogens is 380 g/mol. The third-order valence-corrected chi connectivity index (χ3v) is 3.85. The second-order valence-corrected chi connectivity index (χ2v) is 5.71. The summed E-state index contributed by atoms with van der Waals surface area (Å²) in [6.07, 6.45) is 1.66. The van der Waals surface area contributed by atoms with Crippen LogP contribution in [0.5, 0.6) is 11.5 Å². The summed E-state index contributed by atoms with van der Waals surface area (Å²) in [6.45, 7) is 3.94. The summed E-state index contributed by atoms with van der Waals surface area (Å²) in [6, 6.07) is 3.33. The van der Waals surface area contributed by atoms with Crippen LogP contribution in [0.2, 0.25) is 0 Å². The minimum Gasteiger partial charge on any atom is -0.503 e. The van der Waals surface area contributed by atoms with Gasteiger partial charge in [0.15, 0.2) is 11.5 Å². The number of aromatic nitrogens is 4. The molecule has 2 aromatic rings. The molecule has 0 saturated carbocycles. The number of aromatic hydroxyl groups is 1. The van der Waals surface area contributed by atoms with Crippen LogP contribution in [-0.2, 0) is 4.79 Å². The zero-order chi connectivity index (χ0) is 17.3. The van der Waals surface area contributed by atoms with Gasteiger partial charge in [-0.15, -0.1) is 5.10 Å². The number of benzene rings is 1. The van der Waals surface area contributed by atoms with E-state index >= 15 is 0 Å². The molecule has 1 amide bonds. The molecule has 2 N–H and O–H groups in total. The first-order chi connectivity index (χ1) is 11.5. The Labute approximate surface area is 145 Å². The molecule has 0 spiro atoms. The van der Waals surface area contributed by atoms with E-state index in [-0.39, 0.29) is 17.6 Å². The molecule has 0 radical (unpaired) electrons. The molecule has 0 saturated heterocycles. The Kier molecular flexibility index (Phi) is 4.30. The van der Waals surface area contributed by atoms with Crippen LogP contribution in [0.3, 0.4) is 0 Å². The van der Waals surface area contributed by atoms with Crippen LogP contribution in [0.25, 0.3) is 6.08 Å². The van der Waals surface area contributed by atoms with Gasteiger partial charge in [-0.1, -0.05) is 5.10 Å². The maximum Gasteiger partial charge on any atom is 0.293 e. The molecule has 0 aliphatic carbocycles. The highest BCUT2D eigenvalue weighted by molar-refractivity contribution is 9.10. The summed E-state index contributed by atoms with van der Waals surface area (Å²) < 4.78 is 5.86. The van der Waals surface area contributed by atoms with Crippen molar-refractivity contribution in [3.63, 3.8) is 0 Å². The first kappa shape index (κ1) is 16.1. The topological polar surface area (TPSA) is 117 Å². The van der Waals surface area contributed by atoms with E-state index in [0.717, 1.165) is 5.01 Å². The smallest absolute Gasteiger partial charge is 0.293 e. The number of carbonyl (C=O) groups is 1. The third-order valence-electron chi connectivity index (χ3n) is 3.25. The maximum atomic E-state index is 12.5. The second kappa shape index (κ2) is 6.40. The Morgan fingerprint density at radius 2 is 2.25 bits per heavy atom. The van der Waals surface area contributed by atoms with Gasteiger partial charge >= 0.3 is 0 Å². The van der Waals surface area contributed by atoms with Gasteiger partial charge in [0.05, 0.1) is 22.4 Å². The van der Waals surface area contributed by atoms with Crippen molar-refractivity contribution in [3.05, 3.63) is 27.7 Å². The van der Waals surface area contributed by atoms with Crippen LogP contribution in [0.15, 0.2) is 27.3 Å². The Morgan fingerprint density at radius 1 is 1.46 bits per heavy atom. The summed E-state index contributed by atoms with van der Waals surface area (Å²) in [5, 5.41) is 28.4. The normalized spacial score (nSPS) is 16.0. The van der Waals surface area contributed by atoms with Crippen molar-refractivity contribution in [3.8, 4) is 11.5 Å². The number of H-pyrrole nitrogens is 1. The Bertz CT molecular complexity index is 846. The van der Waals surface area contributed by atoms with Crippen LogP contribution in [0.4, 0.5) is 5.95 Å². The predicted octanol–water partition coefficient (Wildman–Crippen LogP) is 1.87. The van der Waals surface area contributed by atoms with Gasteiger partial charge in [0, 0.05) is 0 Å². The summed E-state index contributed by atoms with van der Waals surface area (Å²) in [5.74, 6) is 0.0463. The Morgan fingerprint density at radius 3 is 2.92 bits per heavy atom. The molecular formula is C14H13BrN6O3. The van der Waals surface area contributed by atoms with E-state index in [1.54, 1.807) is 25.1 Å². The summed E-state index contributed by atoms with van der Waals surface area (Å²) in [4.78, 5) is 12.5. The van der Waals surface area contributed by atoms with Crippen LogP contribution >= 0.6 is 15.9 Å². The van der Waals surface area contributed by atoms with Gasteiger partial charge in [0.2, 0.25) is 0 Å². The van der Waals surface area contributed by atoms with Crippen molar-refractivity contribution in [1.29, 1.82) is 0 Å². The minimum atomic E-state index is -0.365. The third kappa shape index (κ3) is 2.87. The fourth-order valence-corrected chi connectivity index (χ4v) is 2.64. The number of nitrogens with zero attached hydrogens (tertiary/aromatic N) is 5. The number of rotatable bonds is 4. The van der Waals surface area contributed by atoms with E-state index in [2.05, 4.69) is 41.7 Å². The summed E-state index contributed by atoms with van der Waals surface area (Å²) in [7, 11) is 0. The van der Waals surface area contributed by atoms with Crippen LogP contribution < -0.4 is 9.75 Å². The lowest BCUT2D eigenvalue weighted by atomic mass is 10.1. The Hall–Kier alpha value is -2.75. The zero-order valence-corrected chi connectivity index (χ0v) is 14.4. The van der Waals surface area contributed by atoms with Crippen molar-refractivity contribution < 1.29 is 14.6 Å². The Balaban J connectivity index is 1.97. The molecule has 1 aromatic heterocycles. The molecule has 1 aliphatic heterocycles. The van der Waals surface area contributed by atoms with Crippen molar-refractivity contribution in [1.82, 2.24) is 20.6 Å². The summed E-state index contributed by atoms with van der Waals surface area (Å²) in [5.41, 5.74) is 1.59. The second-order valence-electron chi connectivity index (χ2n) is 4.85. The van der Waals surface area contributed by atoms with Crippen LogP contribution in [-0.4, -0.2) is 44.0 Å². The lowest BCUT2D eigenvalue weighted by molar-refractivity contribution is -0.114. The number of amides is 1. The molecule has 1 aliphatic rings. The average Bonchev–Trinajstić information content (AvgIpc) is 3.16. The molecule has 10 heteroatoms. The molecule has 0 unspecified atom stereocenters. The minimum absolute atomic E-state index is 0.00978. The lowest BCUT2D eigenvalue weighted by Crippen LogP contribution is -2.22. The molecule has 9 nitrogen and oxygen atoms in total. The monoisotopic (exact) mass is 392 g/mol. The fourth-order valence-electron chi connectivity index (χ4n) is 2.18. The average molecular weight is 393 g/mol. The van der Waals surface area contributed by atoms with Crippen LogP contribution in [0.1, 0.15) is 19.4 Å². The van der Waals surface area contributed by atoms with E-state index in [9.17, 15) is 9.90 Å². The number of aromatic amines is 1. The lowest BCUT2D eigenvalue weighted by Gasteiger charge is -2.09. The van der Waals surface area contributed by atoms with Gasteiger partial charge in [-0.25, -0.2) is 0 Å². The van der Waals surface area contributed by atoms with Crippen molar-refractivity contribution in [2.24, 2.45) is 5.10 Å². The van der Waals surface area contributed by atoms with Gasteiger partial charge in [0.1, 0.15) is 0 Å². The predicted molar refractivity (Wildman–Crippen MR) is 89.7 cm³/mol. The number of halogens is 1. The van der Waals surface area contributed by atoms with E-state index in [0.29, 0.717) is 33.7 Å². The quantitative estimate of drug-likeness (QED) is 0.767. The first-order valence-corrected chi connectivity index (χ1v) is 7.81. The largest absolute Gasteiger partial charge is 0.503 e. The number of carbonyl (C=O) groups excluding carboxylic acids is 1. The number of hydrogen-bond acceptors (Lipinski definition) is 7. The molecule has 0 fully saturated rings. The molecule has 3 rings (SSSR count). The standard InChI is InChI=1S/C14H13BrN6O3/c1-3-24-11-6-8(5-10(15)12(11)22)4-9-7(2)18-21(13(9)23)14-16-19-20-17-14/h4-6,22H,3H2,1-2H3,(H,16,17,19,20)/b9-4-. The molecule has 1 aromatic carbocycles. The van der Waals surface area contributed by atoms with Crippen molar-refractivity contribution >= 4 is 39.6 Å². The van der Waals surface area contributed by atoms with Gasteiger partial charge in [-0.2, -0.15) is 15.3 Å². The number of hydrogen-bond donors (Lipinski definition) is 2. The highest BCUT2D eigenvalue weighted by atomic mass is 79.9. The van der Waals surface area contributed by atoms with E-state index in [1.165, 1.54) is 0 Å². The van der Waals surface area contributed by atoms with E-state index < -0.39 is 0 Å². The molecule has 24 heavy (non-hydrogen) atoms. The highest BCUT2D eigenvalue weighted by Crippen LogP contribution is 2.36. The number of nitrogens with one attached hydrogen (secondary N) is 1. The van der Waals surface area contributed by atoms with Gasteiger partial charge in [-0.05, 0) is 58.8 Å². The molecule has 0 bridgehead atoms. The maximum absolute atomic E-state index is 12.5. The number of phenols is 1. The number of anilines is 1. The van der Waals surface area contributed by atoms with Gasteiger partial charge < -0.3 is 9.84 Å². The van der Waals surface area contributed by atoms with E-state index in [4.69, 9.17) is 4.74 Å². The molecule has 2 heterocycles. The first-order valence-electron chi connectivity index (χ1n) is 7.01. The highest BCUT2D eigenvalue weighted by Gasteiger charge is 2.31. The van der Waals surface area contributed by atoms with Gasteiger partial charge in [-0.3, -0.25) is 4.79 Å². The summed E-state index contributed by atoms with van der Waals surface area (Å²) >= 11 is 3.27. The number of ether oxygens (including phenoxy) is 1.